The van der Waals surface area contributed by atoms with Crippen molar-refractivity contribution in [3.05, 3.63) is 20.2 Å². The van der Waals surface area contributed by atoms with Crippen LogP contribution in [0.2, 0.25) is 0 Å². The number of nitro groups is 2. The van der Waals surface area contributed by atoms with Crippen LogP contribution in [0.1, 0.15) is 27.7 Å². The number of carbonyl (C=O) groups is 4. The smallest absolute Gasteiger partial charge is 0.413 e. The van der Waals surface area contributed by atoms with Gasteiger partial charge >= 0.3 is 24.4 Å². The Balaban J connectivity index is 2.36. The van der Waals surface area contributed by atoms with Crippen LogP contribution in [-0.2, 0) is 18.9 Å². The van der Waals surface area contributed by atoms with E-state index in [0.29, 0.717) is 19.6 Å². The first kappa shape index (κ1) is 26.5. The maximum atomic E-state index is 13.0. The van der Waals surface area contributed by atoms with Crippen molar-refractivity contribution in [1.29, 1.82) is 0 Å². The van der Waals surface area contributed by atoms with Crippen molar-refractivity contribution in [3.8, 4) is 0 Å². The molecule has 0 saturated carbocycles. The summed E-state index contributed by atoms with van der Waals surface area (Å²) < 4.78 is 20.0. The van der Waals surface area contributed by atoms with Crippen molar-refractivity contribution in [3.63, 3.8) is 0 Å². The van der Waals surface area contributed by atoms with Crippen LogP contribution >= 0.6 is 0 Å². The summed E-state index contributed by atoms with van der Waals surface area (Å²) in [5.74, 6) is 0. The Hall–Kier alpha value is -4.12. The third-order valence-electron chi connectivity index (χ3n) is 5.90. The lowest BCUT2D eigenvalue weighted by molar-refractivity contribution is -0.607. The quantitative estimate of drug-likeness (QED) is 0.267. The Morgan fingerprint density at radius 2 is 0.750 bits per heavy atom. The topological polar surface area (TPSA) is 204 Å². The number of nitrogens with zero attached hydrogens (tertiary/aromatic N) is 6. The molecular weight excluding hydrogens is 492 g/mol. The molecule has 4 saturated heterocycles. The molecule has 18 nitrogen and oxygen atoms in total. The molecule has 4 heterocycles. The third kappa shape index (κ3) is 3.91. The number of amides is 4. The molecule has 200 valence electrons. The minimum Gasteiger partial charge on any atom is -0.450 e. The fraction of sp³-hybridized carbons (Fsp3) is 0.778. The SMILES string of the molecule is CCOC(=O)N1C2C([N+](=O)[O-])C3N(C(=O)OCC)C1C([N+](=O)[O-])C(N2C(=O)OCC)N3C(=O)OCC. The first-order chi connectivity index (χ1) is 17.1. The van der Waals surface area contributed by atoms with Gasteiger partial charge in [-0.3, -0.25) is 39.8 Å². The van der Waals surface area contributed by atoms with Crippen LogP contribution in [0.25, 0.3) is 0 Å². The predicted molar refractivity (Wildman–Crippen MR) is 112 cm³/mol. The largest absolute Gasteiger partial charge is 0.450 e. The molecule has 18 heteroatoms. The molecule has 4 rings (SSSR count). The zero-order valence-electron chi connectivity index (χ0n) is 19.9. The lowest BCUT2D eigenvalue weighted by Gasteiger charge is -2.65. The van der Waals surface area contributed by atoms with E-state index in [1.165, 1.54) is 27.7 Å². The van der Waals surface area contributed by atoms with Gasteiger partial charge in [-0.25, -0.2) is 19.2 Å². The predicted octanol–water partition coefficient (Wildman–Crippen LogP) is 0.456. The van der Waals surface area contributed by atoms with Gasteiger partial charge < -0.3 is 18.9 Å². The fourth-order valence-electron chi connectivity index (χ4n) is 4.88. The normalized spacial score (nSPS) is 28.0. The number of hydrogen-bond acceptors (Lipinski definition) is 12. The third-order valence-corrected chi connectivity index (χ3v) is 5.90. The molecule has 0 spiro atoms. The zero-order chi connectivity index (χ0) is 26.9. The molecule has 0 aromatic carbocycles. The summed E-state index contributed by atoms with van der Waals surface area (Å²) in [4.78, 5) is 77.4. The van der Waals surface area contributed by atoms with E-state index in [1.54, 1.807) is 0 Å². The molecule has 36 heavy (non-hydrogen) atoms. The summed E-state index contributed by atoms with van der Waals surface area (Å²) in [5.41, 5.74) is 0. The lowest BCUT2D eigenvalue weighted by Crippen LogP contribution is -2.94. The van der Waals surface area contributed by atoms with Gasteiger partial charge in [-0.1, -0.05) is 0 Å². The van der Waals surface area contributed by atoms with Gasteiger partial charge in [-0.05, 0) is 27.7 Å². The Morgan fingerprint density at radius 3 is 0.889 bits per heavy atom. The first-order valence-electron chi connectivity index (χ1n) is 11.2. The maximum absolute atomic E-state index is 13.0. The molecular formula is C18H26N6O12. The van der Waals surface area contributed by atoms with Crippen LogP contribution in [0.3, 0.4) is 0 Å². The molecule has 0 unspecified atom stereocenters. The van der Waals surface area contributed by atoms with Crippen LogP contribution in [0.15, 0.2) is 0 Å². The summed E-state index contributed by atoms with van der Waals surface area (Å²) in [6, 6.07) is -4.10. The monoisotopic (exact) mass is 518 g/mol. The number of rotatable bonds is 6. The van der Waals surface area contributed by atoms with Crippen molar-refractivity contribution in [1.82, 2.24) is 19.6 Å². The molecule has 4 amide bonds. The standard InChI is InChI=1S/C18H26N6O12/c1-5-33-15(25)19-11-9(23(29)30)14-21(17(27)35-7-3)12(19)10(24(31)32)13(20(11)16(26)34-6-2)22(14)18(28)36-8-4/h9-14H,5-8H2,1-4H3. The molecule has 4 aliphatic rings. The second-order valence-electron chi connectivity index (χ2n) is 7.63. The maximum Gasteiger partial charge on any atom is 0.413 e. The number of hydrogen-bond donors (Lipinski definition) is 0. The highest BCUT2D eigenvalue weighted by molar-refractivity contribution is 5.79. The van der Waals surface area contributed by atoms with Gasteiger partial charge in [-0.15, -0.1) is 0 Å². The van der Waals surface area contributed by atoms with E-state index in [-0.39, 0.29) is 26.4 Å². The molecule has 0 radical (unpaired) electrons. The molecule has 4 aliphatic heterocycles. The molecule has 0 atom stereocenters. The van der Waals surface area contributed by atoms with Crippen molar-refractivity contribution in [2.75, 3.05) is 26.4 Å². The molecule has 0 N–H and O–H groups in total. The first-order valence-corrected chi connectivity index (χ1v) is 11.2. The van der Waals surface area contributed by atoms with E-state index in [0.717, 1.165) is 0 Å². The van der Waals surface area contributed by atoms with Gasteiger partial charge in [0.25, 0.3) is 12.1 Å². The van der Waals surface area contributed by atoms with E-state index in [2.05, 4.69) is 0 Å². The second-order valence-corrected chi connectivity index (χ2v) is 7.63. The molecule has 4 bridgehead atoms. The summed E-state index contributed by atoms with van der Waals surface area (Å²) in [6.45, 7) is 4.84. The Bertz CT molecular complexity index is 798. The molecule has 4 fully saturated rings. The van der Waals surface area contributed by atoms with Gasteiger partial charge in [0, 0.05) is 9.85 Å². The highest BCUT2D eigenvalue weighted by atomic mass is 16.6. The summed E-state index contributed by atoms with van der Waals surface area (Å²) in [6.07, 6.45) is -12.2. The number of carbonyl (C=O) groups excluding carboxylic acids is 4. The minimum atomic E-state index is -2.05. The summed E-state index contributed by atoms with van der Waals surface area (Å²) in [5, 5.41) is 24.7. The van der Waals surface area contributed by atoms with Crippen LogP contribution in [0.4, 0.5) is 19.2 Å². The second kappa shape index (κ2) is 10.2. The molecule has 0 aliphatic carbocycles. The van der Waals surface area contributed by atoms with Crippen molar-refractivity contribution >= 4 is 24.4 Å². The highest BCUT2D eigenvalue weighted by Crippen LogP contribution is 2.48. The lowest BCUT2D eigenvalue weighted by atomic mass is 9.86. The number of ether oxygens (including phenoxy) is 4. The Labute approximate surface area is 203 Å². The average molecular weight is 518 g/mol. The van der Waals surface area contributed by atoms with Crippen LogP contribution in [0.5, 0.6) is 0 Å². The zero-order valence-corrected chi connectivity index (χ0v) is 19.9. The van der Waals surface area contributed by atoms with E-state index in [9.17, 15) is 39.4 Å². The van der Waals surface area contributed by atoms with E-state index in [1.807, 2.05) is 0 Å². The minimum absolute atomic E-state index is 0.221. The van der Waals surface area contributed by atoms with E-state index < -0.39 is 71.0 Å². The van der Waals surface area contributed by atoms with Crippen molar-refractivity contribution < 1.29 is 48.0 Å². The highest BCUT2D eigenvalue weighted by Gasteiger charge is 2.79. The van der Waals surface area contributed by atoms with Gasteiger partial charge in [-0.2, -0.15) is 0 Å². The van der Waals surface area contributed by atoms with E-state index >= 15 is 0 Å². The van der Waals surface area contributed by atoms with Crippen molar-refractivity contribution in [2.24, 2.45) is 0 Å². The van der Waals surface area contributed by atoms with Crippen molar-refractivity contribution in [2.45, 2.75) is 64.4 Å². The van der Waals surface area contributed by atoms with Gasteiger partial charge in [0.2, 0.25) is 0 Å². The van der Waals surface area contributed by atoms with Crippen LogP contribution < -0.4 is 0 Å². The molecule has 0 aromatic heterocycles. The van der Waals surface area contributed by atoms with Gasteiger partial charge in [0.1, 0.15) is 0 Å². The Kier molecular flexibility index (Phi) is 7.54. The Morgan fingerprint density at radius 1 is 0.556 bits per heavy atom. The fourth-order valence-corrected chi connectivity index (χ4v) is 4.88. The van der Waals surface area contributed by atoms with E-state index in [4.69, 9.17) is 18.9 Å². The average Bonchev–Trinajstić information content (AvgIpc) is 2.79. The van der Waals surface area contributed by atoms with Gasteiger partial charge in [0.15, 0.2) is 24.7 Å². The van der Waals surface area contributed by atoms with Crippen LogP contribution in [0, 0.1) is 20.2 Å². The summed E-state index contributed by atoms with van der Waals surface area (Å²) >= 11 is 0. The molecule has 0 aromatic rings. The van der Waals surface area contributed by atoms with Gasteiger partial charge in [0.05, 0.1) is 26.4 Å². The summed E-state index contributed by atoms with van der Waals surface area (Å²) in [7, 11) is 0. The van der Waals surface area contributed by atoms with Crippen LogP contribution in [-0.4, -0.2) is 117 Å².